The third kappa shape index (κ3) is 0.407. The number of carboxylic acids is 1. The Morgan fingerprint density at radius 1 is 2.00 bits per heavy atom. The van der Waals surface area contributed by atoms with Crippen LogP contribution in [-0.2, 0) is 4.79 Å². The van der Waals surface area contributed by atoms with Gasteiger partial charge < -0.3 is 5.11 Å². The Labute approximate surface area is 35.1 Å². The van der Waals surface area contributed by atoms with Gasteiger partial charge in [-0.3, -0.25) is 4.79 Å². The molecule has 0 aliphatic heterocycles. The van der Waals surface area contributed by atoms with Gasteiger partial charge in [-0.15, -0.1) is 0 Å². The van der Waals surface area contributed by atoms with Crippen molar-refractivity contribution in [2.75, 3.05) is 0 Å². The maximum atomic E-state index is 9.67. The Hall–Kier alpha value is -0.790. The maximum Gasteiger partial charge on any atom is 0.314 e. The van der Waals surface area contributed by atoms with E-state index in [4.69, 9.17) is 5.11 Å². The lowest BCUT2D eigenvalue weighted by Gasteiger charge is -1.76. The molecule has 0 bridgehead atoms. The molecule has 1 rings (SSSR count). The van der Waals surface area contributed by atoms with Crippen molar-refractivity contribution in [3.8, 4) is 0 Å². The summed E-state index contributed by atoms with van der Waals surface area (Å²) in [5.74, 6) is -1.15. The first-order valence-corrected chi connectivity index (χ1v) is 1.63. The molecule has 6 heavy (non-hydrogen) atoms. The Morgan fingerprint density at radius 2 is 2.50 bits per heavy atom. The largest absolute Gasteiger partial charge is 0.481 e. The summed E-state index contributed by atoms with van der Waals surface area (Å²) >= 11 is 0. The molecule has 2 nitrogen and oxygen atoms in total. The van der Waals surface area contributed by atoms with Gasteiger partial charge in [0.1, 0.15) is 5.92 Å². The van der Waals surface area contributed by atoms with Crippen molar-refractivity contribution in [1.82, 2.24) is 0 Å². The Bertz CT molecular complexity index is 98.1. The smallest absolute Gasteiger partial charge is 0.314 e. The zero-order valence-corrected chi connectivity index (χ0v) is 3.01. The summed E-state index contributed by atoms with van der Waals surface area (Å²) in [6.45, 7) is 0. The molecule has 0 spiro atoms. The van der Waals surface area contributed by atoms with Crippen LogP contribution in [-0.4, -0.2) is 11.1 Å². The van der Waals surface area contributed by atoms with Crippen molar-refractivity contribution in [3.63, 3.8) is 0 Å². The lowest BCUT2D eigenvalue weighted by atomic mass is 10.4. The number of aliphatic carboxylic acids is 1. The van der Waals surface area contributed by atoms with E-state index >= 15 is 0 Å². The molecule has 2 heteroatoms. The van der Waals surface area contributed by atoms with E-state index in [2.05, 4.69) is 6.08 Å². The molecule has 0 amide bonds. The molecule has 1 radical (unpaired) electrons. The second-order valence-electron chi connectivity index (χ2n) is 1.15. The van der Waals surface area contributed by atoms with Crippen LogP contribution in [0.25, 0.3) is 0 Å². The van der Waals surface area contributed by atoms with Crippen molar-refractivity contribution in [1.29, 1.82) is 0 Å². The monoisotopic (exact) mass is 83.0 g/mol. The number of hydrogen-bond donors (Lipinski definition) is 1. The van der Waals surface area contributed by atoms with E-state index in [0.29, 0.717) is 0 Å². The minimum absolute atomic E-state index is 0.356. The molecule has 1 aliphatic rings. The molecule has 0 aromatic heterocycles. The molecule has 0 aromatic rings. The van der Waals surface area contributed by atoms with Gasteiger partial charge >= 0.3 is 5.97 Å². The van der Waals surface area contributed by atoms with Gasteiger partial charge in [0, 0.05) is 0 Å². The zero-order chi connectivity index (χ0) is 4.57. The Morgan fingerprint density at radius 3 is 2.50 bits per heavy atom. The number of carboxylic acid groups (broad SMARTS) is 1. The SMILES string of the molecule is O=C(O)C1[C]=C1. The summed E-state index contributed by atoms with van der Waals surface area (Å²) < 4.78 is 0. The van der Waals surface area contributed by atoms with Crippen molar-refractivity contribution >= 4 is 5.97 Å². The summed E-state index contributed by atoms with van der Waals surface area (Å²) in [6, 6.07) is 0. The normalized spacial score (nSPS) is 18.0. The van der Waals surface area contributed by atoms with Gasteiger partial charge in [0.25, 0.3) is 0 Å². The predicted molar refractivity (Wildman–Crippen MR) is 18.9 cm³/mol. The standard InChI is InChI=1S/C4H3O2/c5-4(6)3-1-2-3/h1,3H,(H,5,6). The van der Waals surface area contributed by atoms with Crippen molar-refractivity contribution in [2.24, 2.45) is 5.92 Å². The van der Waals surface area contributed by atoms with Crippen LogP contribution in [0, 0.1) is 12.0 Å². The molecule has 0 saturated heterocycles. The van der Waals surface area contributed by atoms with E-state index < -0.39 is 5.97 Å². The van der Waals surface area contributed by atoms with Crippen molar-refractivity contribution in [3.05, 3.63) is 12.2 Å². The topological polar surface area (TPSA) is 37.3 Å². The van der Waals surface area contributed by atoms with Crippen LogP contribution >= 0.6 is 0 Å². The fraction of sp³-hybridized carbons (Fsp3) is 0.250. The van der Waals surface area contributed by atoms with Crippen LogP contribution in [0.15, 0.2) is 6.08 Å². The minimum Gasteiger partial charge on any atom is -0.481 e. The summed E-state index contributed by atoms with van der Waals surface area (Å²) in [7, 11) is 0. The Kier molecular flexibility index (Phi) is 0.473. The van der Waals surface area contributed by atoms with E-state index in [1.807, 2.05) is 0 Å². The zero-order valence-electron chi connectivity index (χ0n) is 3.01. The molecule has 0 aromatic carbocycles. The van der Waals surface area contributed by atoms with E-state index in [0.717, 1.165) is 0 Å². The molecular formula is C4H3O2. The average molecular weight is 83.1 g/mol. The highest BCUT2D eigenvalue weighted by molar-refractivity contribution is 5.77. The number of carbonyl (C=O) groups is 1. The molecule has 0 fully saturated rings. The number of hydrogen-bond acceptors (Lipinski definition) is 1. The average Bonchev–Trinajstić information content (AvgIpc) is 2.06. The minimum atomic E-state index is -0.796. The van der Waals surface area contributed by atoms with Crippen LogP contribution in [0.2, 0.25) is 0 Å². The predicted octanol–water partition coefficient (Wildman–Crippen LogP) is 0.0602. The fourth-order valence-corrected chi connectivity index (χ4v) is 0.191. The lowest BCUT2D eigenvalue weighted by molar-refractivity contribution is -0.137. The third-order valence-corrected chi connectivity index (χ3v) is 0.599. The van der Waals surface area contributed by atoms with Gasteiger partial charge in [-0.1, -0.05) is 6.08 Å². The third-order valence-electron chi connectivity index (χ3n) is 0.599. The highest BCUT2D eigenvalue weighted by Gasteiger charge is 2.19. The van der Waals surface area contributed by atoms with Crippen LogP contribution in [0.1, 0.15) is 0 Å². The van der Waals surface area contributed by atoms with Crippen LogP contribution < -0.4 is 0 Å². The molecule has 0 heterocycles. The maximum absolute atomic E-state index is 9.67. The van der Waals surface area contributed by atoms with Gasteiger partial charge in [-0.05, 0) is 6.08 Å². The fourth-order valence-electron chi connectivity index (χ4n) is 0.191. The first kappa shape index (κ1) is 3.40. The van der Waals surface area contributed by atoms with Gasteiger partial charge in [0.15, 0.2) is 0 Å². The molecule has 31 valence electrons. The summed E-state index contributed by atoms with van der Waals surface area (Å²) in [5.41, 5.74) is 0. The van der Waals surface area contributed by atoms with E-state index in [9.17, 15) is 4.79 Å². The van der Waals surface area contributed by atoms with Crippen LogP contribution in [0.4, 0.5) is 0 Å². The van der Waals surface area contributed by atoms with Crippen LogP contribution in [0.3, 0.4) is 0 Å². The van der Waals surface area contributed by atoms with Gasteiger partial charge in [-0.25, -0.2) is 0 Å². The quantitative estimate of drug-likeness (QED) is 0.486. The second-order valence-corrected chi connectivity index (χ2v) is 1.15. The lowest BCUT2D eigenvalue weighted by Crippen LogP contribution is -1.96. The second kappa shape index (κ2) is 0.834. The molecule has 0 saturated carbocycles. The molecule has 1 unspecified atom stereocenters. The van der Waals surface area contributed by atoms with Crippen molar-refractivity contribution < 1.29 is 9.90 Å². The van der Waals surface area contributed by atoms with E-state index in [1.165, 1.54) is 6.08 Å². The molecule has 1 N–H and O–H groups in total. The van der Waals surface area contributed by atoms with E-state index in [-0.39, 0.29) is 5.92 Å². The van der Waals surface area contributed by atoms with Crippen molar-refractivity contribution in [2.45, 2.75) is 0 Å². The highest BCUT2D eigenvalue weighted by atomic mass is 16.4. The number of rotatable bonds is 1. The van der Waals surface area contributed by atoms with Gasteiger partial charge in [0.05, 0.1) is 0 Å². The van der Waals surface area contributed by atoms with Crippen LogP contribution in [0.5, 0.6) is 0 Å². The first-order chi connectivity index (χ1) is 2.80. The first-order valence-electron chi connectivity index (χ1n) is 1.63. The summed E-state index contributed by atoms with van der Waals surface area (Å²) in [5, 5.41) is 7.96. The Balaban J connectivity index is 2.35. The molecule has 1 aliphatic carbocycles. The highest BCUT2D eigenvalue weighted by Crippen LogP contribution is 2.12. The summed E-state index contributed by atoms with van der Waals surface area (Å²) in [4.78, 5) is 9.67. The molecule has 1 atom stereocenters. The molecular weight excluding hydrogens is 80.0 g/mol. The van der Waals surface area contributed by atoms with Gasteiger partial charge in [0.2, 0.25) is 0 Å². The van der Waals surface area contributed by atoms with E-state index in [1.54, 1.807) is 0 Å². The van der Waals surface area contributed by atoms with Gasteiger partial charge in [-0.2, -0.15) is 0 Å². The summed E-state index contributed by atoms with van der Waals surface area (Å²) in [6.07, 6.45) is 4.03.